The van der Waals surface area contributed by atoms with Crippen molar-refractivity contribution in [1.29, 1.82) is 0 Å². The lowest BCUT2D eigenvalue weighted by Crippen LogP contribution is -2.05. The fraction of sp³-hybridized carbons (Fsp3) is 1.00. The van der Waals surface area contributed by atoms with Crippen LogP contribution in [0.5, 0.6) is 0 Å². The molecule has 1 unspecified atom stereocenters. The highest BCUT2D eigenvalue weighted by Gasteiger charge is 2.30. The summed E-state index contributed by atoms with van der Waals surface area (Å²) in [5.74, 6) is 0.719. The molecule has 0 heterocycles. The maximum Gasteiger partial charge on any atom is 0.441 e. The zero-order valence-corrected chi connectivity index (χ0v) is 8.68. The predicted molar refractivity (Wildman–Crippen MR) is 50.1 cm³/mol. The zero-order chi connectivity index (χ0) is 9.90. The van der Waals surface area contributed by atoms with Crippen LogP contribution in [0.25, 0.3) is 0 Å². The first-order valence-electron chi connectivity index (χ1n) is 4.34. The van der Waals surface area contributed by atoms with Crippen molar-refractivity contribution in [3.05, 3.63) is 0 Å². The van der Waals surface area contributed by atoms with Gasteiger partial charge in [0, 0.05) is 11.1 Å². The van der Waals surface area contributed by atoms with Crippen LogP contribution in [-0.4, -0.2) is 16.6 Å². The van der Waals surface area contributed by atoms with E-state index in [4.69, 9.17) is 11.6 Å². The molecular formula is C8H12ClF3S. The quantitative estimate of drug-likeness (QED) is 0.509. The Hall–Kier alpha value is 0.430. The van der Waals surface area contributed by atoms with Gasteiger partial charge in [0.1, 0.15) is 0 Å². The maximum absolute atomic E-state index is 11.7. The second kappa shape index (κ2) is 4.78. The molecule has 0 aromatic carbocycles. The standard InChI is InChI=1S/C8H12ClF3S/c9-7(6-3-4-6)2-1-5-13-8(10,11)12/h6-7H,1-5H2. The van der Waals surface area contributed by atoms with Gasteiger partial charge in [0.2, 0.25) is 0 Å². The summed E-state index contributed by atoms with van der Waals surface area (Å²) in [6.07, 6.45) is 3.59. The first kappa shape index (κ1) is 11.5. The molecule has 0 amide bonds. The molecule has 0 aromatic heterocycles. The number of hydrogen-bond donors (Lipinski definition) is 0. The van der Waals surface area contributed by atoms with Crippen LogP contribution in [0, 0.1) is 5.92 Å². The lowest BCUT2D eigenvalue weighted by Gasteiger charge is -2.08. The van der Waals surface area contributed by atoms with Gasteiger partial charge >= 0.3 is 5.51 Å². The van der Waals surface area contributed by atoms with Crippen molar-refractivity contribution >= 4 is 23.4 Å². The molecule has 0 spiro atoms. The van der Waals surface area contributed by atoms with Gasteiger partial charge in [-0.2, -0.15) is 13.2 Å². The largest absolute Gasteiger partial charge is 0.441 e. The van der Waals surface area contributed by atoms with E-state index < -0.39 is 5.51 Å². The molecule has 0 saturated heterocycles. The Morgan fingerprint density at radius 2 is 2.00 bits per heavy atom. The van der Waals surface area contributed by atoms with Gasteiger partial charge in [-0.1, -0.05) is 11.8 Å². The number of halogens is 4. The van der Waals surface area contributed by atoms with E-state index in [2.05, 4.69) is 0 Å². The fourth-order valence-electron chi connectivity index (χ4n) is 1.16. The summed E-state index contributed by atoms with van der Waals surface area (Å²) in [5, 5.41) is 0.105. The summed E-state index contributed by atoms with van der Waals surface area (Å²) in [6.45, 7) is 0. The lowest BCUT2D eigenvalue weighted by molar-refractivity contribution is -0.0328. The highest BCUT2D eigenvalue weighted by molar-refractivity contribution is 8.00. The van der Waals surface area contributed by atoms with Gasteiger partial charge in [0.05, 0.1) is 0 Å². The Balaban J connectivity index is 1.94. The Kier molecular flexibility index (Phi) is 4.23. The monoisotopic (exact) mass is 232 g/mol. The van der Waals surface area contributed by atoms with Crippen LogP contribution >= 0.6 is 23.4 Å². The minimum absolute atomic E-state index is 0.0490. The maximum atomic E-state index is 11.7. The van der Waals surface area contributed by atoms with E-state index in [0.29, 0.717) is 12.3 Å². The molecule has 1 rings (SSSR count). The van der Waals surface area contributed by atoms with Crippen molar-refractivity contribution in [2.24, 2.45) is 5.92 Å². The van der Waals surface area contributed by atoms with Crippen molar-refractivity contribution in [2.75, 3.05) is 5.75 Å². The number of thioether (sulfide) groups is 1. The molecule has 0 bridgehead atoms. The summed E-state index contributed by atoms with van der Waals surface area (Å²) in [6, 6.07) is 0. The molecule has 5 heteroatoms. The minimum Gasteiger partial charge on any atom is -0.160 e. The van der Waals surface area contributed by atoms with Crippen molar-refractivity contribution < 1.29 is 13.2 Å². The second-order valence-electron chi connectivity index (χ2n) is 3.29. The molecule has 1 saturated carbocycles. The molecule has 0 nitrogen and oxygen atoms in total. The van der Waals surface area contributed by atoms with Crippen molar-refractivity contribution in [1.82, 2.24) is 0 Å². The smallest absolute Gasteiger partial charge is 0.160 e. The highest BCUT2D eigenvalue weighted by Crippen LogP contribution is 2.38. The van der Waals surface area contributed by atoms with E-state index in [1.807, 2.05) is 0 Å². The summed E-state index contributed by atoms with van der Waals surface area (Å²) in [4.78, 5) is 0. The minimum atomic E-state index is -4.08. The summed E-state index contributed by atoms with van der Waals surface area (Å²) in [5.41, 5.74) is -4.08. The van der Waals surface area contributed by atoms with Crippen LogP contribution in [0.2, 0.25) is 0 Å². The Morgan fingerprint density at radius 1 is 1.38 bits per heavy atom. The van der Waals surface area contributed by atoms with Gasteiger partial charge in [0.25, 0.3) is 0 Å². The fourth-order valence-corrected chi connectivity index (χ4v) is 2.11. The first-order valence-corrected chi connectivity index (χ1v) is 5.76. The Bertz CT molecular complexity index is 156. The van der Waals surface area contributed by atoms with Crippen molar-refractivity contribution in [3.63, 3.8) is 0 Å². The third kappa shape index (κ3) is 5.68. The van der Waals surface area contributed by atoms with Gasteiger partial charge in [-0.05, 0) is 31.6 Å². The predicted octanol–water partition coefficient (Wildman–Crippen LogP) is 4.04. The summed E-state index contributed by atoms with van der Waals surface area (Å²) in [7, 11) is 0. The van der Waals surface area contributed by atoms with Crippen LogP contribution in [0.1, 0.15) is 25.7 Å². The number of rotatable bonds is 5. The van der Waals surface area contributed by atoms with Crippen molar-refractivity contribution in [2.45, 2.75) is 36.6 Å². The van der Waals surface area contributed by atoms with E-state index in [1.54, 1.807) is 0 Å². The molecular weight excluding hydrogens is 221 g/mol. The SMILES string of the molecule is FC(F)(F)SCCCC(Cl)C1CC1. The molecule has 1 aliphatic rings. The third-order valence-electron chi connectivity index (χ3n) is 2.02. The first-order chi connectivity index (χ1) is 5.99. The van der Waals surface area contributed by atoms with E-state index in [1.165, 1.54) is 0 Å². The topological polar surface area (TPSA) is 0 Å². The van der Waals surface area contributed by atoms with E-state index >= 15 is 0 Å². The summed E-state index contributed by atoms with van der Waals surface area (Å²) < 4.78 is 35.0. The summed E-state index contributed by atoms with van der Waals surface area (Å²) >= 11 is 5.99. The zero-order valence-electron chi connectivity index (χ0n) is 7.11. The highest BCUT2D eigenvalue weighted by atomic mass is 35.5. The van der Waals surface area contributed by atoms with Crippen LogP contribution in [-0.2, 0) is 0 Å². The molecule has 0 aliphatic heterocycles. The molecule has 0 radical (unpaired) electrons. The van der Waals surface area contributed by atoms with Gasteiger partial charge in [0.15, 0.2) is 0 Å². The van der Waals surface area contributed by atoms with E-state index in [-0.39, 0.29) is 22.9 Å². The van der Waals surface area contributed by atoms with Crippen molar-refractivity contribution in [3.8, 4) is 0 Å². The molecule has 78 valence electrons. The average Bonchev–Trinajstić information content (AvgIpc) is 2.77. The number of hydrogen-bond acceptors (Lipinski definition) is 1. The molecule has 13 heavy (non-hydrogen) atoms. The van der Waals surface area contributed by atoms with Crippen LogP contribution in [0.15, 0.2) is 0 Å². The van der Waals surface area contributed by atoms with Crippen LogP contribution in [0.3, 0.4) is 0 Å². The van der Waals surface area contributed by atoms with Gasteiger partial charge in [-0.25, -0.2) is 0 Å². The molecule has 0 aromatic rings. The second-order valence-corrected chi connectivity index (χ2v) is 5.01. The molecule has 0 N–H and O–H groups in total. The van der Waals surface area contributed by atoms with Gasteiger partial charge in [-0.3, -0.25) is 0 Å². The average molecular weight is 233 g/mol. The Labute approximate surface area is 85.2 Å². The molecule has 1 aliphatic carbocycles. The van der Waals surface area contributed by atoms with E-state index in [0.717, 1.165) is 19.3 Å². The van der Waals surface area contributed by atoms with Gasteiger partial charge in [-0.15, -0.1) is 11.6 Å². The number of alkyl halides is 4. The van der Waals surface area contributed by atoms with Gasteiger partial charge < -0.3 is 0 Å². The van der Waals surface area contributed by atoms with E-state index in [9.17, 15) is 13.2 Å². The Morgan fingerprint density at radius 3 is 2.46 bits per heavy atom. The third-order valence-corrected chi connectivity index (χ3v) is 3.42. The van der Waals surface area contributed by atoms with Crippen LogP contribution in [0.4, 0.5) is 13.2 Å². The lowest BCUT2D eigenvalue weighted by atomic mass is 10.2. The normalized spacial score (nSPS) is 20.3. The molecule has 1 atom stereocenters. The molecule has 1 fully saturated rings. The van der Waals surface area contributed by atoms with Crippen LogP contribution < -0.4 is 0 Å².